The number of alkyl carbamates (subject to hydrolysis) is 1. The lowest BCUT2D eigenvalue weighted by atomic mass is 9.97. The third-order valence-electron chi connectivity index (χ3n) is 5.11. The molecule has 0 aromatic heterocycles. The first kappa shape index (κ1) is 31.8. The van der Waals surface area contributed by atoms with Crippen LogP contribution in [-0.4, -0.2) is 65.9 Å². The molecular weight excluding hydrogens is 494 g/mol. The van der Waals surface area contributed by atoms with Crippen molar-refractivity contribution >= 4 is 36.5 Å². The zero-order chi connectivity index (χ0) is 28.0. The Labute approximate surface area is 225 Å². The molecule has 0 bridgehead atoms. The van der Waals surface area contributed by atoms with E-state index in [4.69, 9.17) is 15.9 Å². The third kappa shape index (κ3) is 10.8. The fourth-order valence-corrected chi connectivity index (χ4v) is 3.71. The van der Waals surface area contributed by atoms with Crippen LogP contribution in [0, 0.1) is 12.3 Å². The maximum absolute atomic E-state index is 13.8. The van der Waals surface area contributed by atoms with Gasteiger partial charge in [0.2, 0.25) is 11.8 Å². The predicted octanol–water partition coefficient (Wildman–Crippen LogP) is 3.23. The number of nitrogens with zero attached hydrogens (tertiary/aromatic N) is 1. The van der Waals surface area contributed by atoms with Crippen LogP contribution in [0.1, 0.15) is 71.0 Å². The molecule has 37 heavy (non-hydrogen) atoms. The van der Waals surface area contributed by atoms with E-state index in [1.54, 1.807) is 52.0 Å². The van der Waals surface area contributed by atoms with Crippen molar-refractivity contribution in [3.8, 4) is 12.3 Å². The number of terminal acetylenes is 1. The van der Waals surface area contributed by atoms with Gasteiger partial charge < -0.3 is 25.0 Å². The monoisotopic (exact) mass is 533 g/mol. The highest BCUT2D eigenvalue weighted by Crippen LogP contribution is 2.26. The summed E-state index contributed by atoms with van der Waals surface area (Å²) in [7, 11) is 0. The minimum Gasteiger partial charge on any atom is -0.466 e. The zero-order valence-electron chi connectivity index (χ0n) is 22.3. The molecule has 2 N–H and O–H groups in total. The largest absolute Gasteiger partial charge is 0.466 e. The van der Waals surface area contributed by atoms with Crippen molar-refractivity contribution in [1.29, 1.82) is 0 Å². The van der Waals surface area contributed by atoms with Crippen molar-refractivity contribution in [3.63, 3.8) is 0 Å². The van der Waals surface area contributed by atoms with Crippen molar-refractivity contribution in [2.75, 3.05) is 25.4 Å². The molecule has 0 fully saturated rings. The number of amides is 3. The van der Waals surface area contributed by atoms with Gasteiger partial charge in [-0.3, -0.25) is 14.4 Å². The van der Waals surface area contributed by atoms with Crippen LogP contribution >= 0.6 is 12.6 Å². The maximum Gasteiger partial charge on any atom is 0.408 e. The molecule has 1 rings (SSSR count). The van der Waals surface area contributed by atoms with E-state index in [-0.39, 0.29) is 31.9 Å². The van der Waals surface area contributed by atoms with E-state index in [0.29, 0.717) is 17.5 Å². The second kappa shape index (κ2) is 15.8. The van der Waals surface area contributed by atoms with Crippen molar-refractivity contribution in [3.05, 3.63) is 35.4 Å². The molecule has 2 atom stereocenters. The lowest BCUT2D eigenvalue weighted by Gasteiger charge is -2.34. The topological polar surface area (TPSA) is 114 Å². The Morgan fingerprint density at radius 1 is 1.16 bits per heavy atom. The lowest BCUT2D eigenvalue weighted by molar-refractivity contribution is -0.144. The number of rotatable bonds is 13. The summed E-state index contributed by atoms with van der Waals surface area (Å²) in [5.41, 5.74) is 0.145. The second-order valence-electron chi connectivity index (χ2n) is 9.25. The molecule has 0 spiro atoms. The Hall–Kier alpha value is -3.19. The summed E-state index contributed by atoms with van der Waals surface area (Å²) in [6.45, 7) is 9.28. The molecule has 0 radical (unpaired) electrons. The van der Waals surface area contributed by atoms with Gasteiger partial charge in [0.05, 0.1) is 13.0 Å². The van der Waals surface area contributed by atoms with E-state index in [0.717, 1.165) is 6.42 Å². The van der Waals surface area contributed by atoms with E-state index >= 15 is 0 Å². The molecule has 0 aliphatic rings. The van der Waals surface area contributed by atoms with Gasteiger partial charge in [0, 0.05) is 24.4 Å². The van der Waals surface area contributed by atoms with E-state index in [9.17, 15) is 19.2 Å². The molecule has 0 saturated heterocycles. The Morgan fingerprint density at radius 2 is 1.84 bits per heavy atom. The Morgan fingerprint density at radius 3 is 2.41 bits per heavy atom. The Balaban J connectivity index is 3.38. The summed E-state index contributed by atoms with van der Waals surface area (Å²) in [5, 5.41) is 5.29. The molecule has 204 valence electrons. The average molecular weight is 534 g/mol. The van der Waals surface area contributed by atoms with Gasteiger partial charge in [-0.2, -0.15) is 12.6 Å². The number of nitrogens with one attached hydrogen (secondary N) is 2. The SMILES string of the molecule is C#Cc1ccccc1C(C(=O)NCCC(=O)OCC)N(CCCC)C(=O)C(CS)NC(=O)OC(C)(C)C. The van der Waals surface area contributed by atoms with Gasteiger partial charge in [-0.1, -0.05) is 37.5 Å². The number of thiol groups is 1. The molecule has 1 aromatic rings. The first-order valence-corrected chi connectivity index (χ1v) is 13.0. The normalized spacial score (nSPS) is 12.5. The maximum atomic E-state index is 13.8. The molecule has 3 amide bonds. The van der Waals surface area contributed by atoms with Crippen molar-refractivity contribution in [2.24, 2.45) is 0 Å². The van der Waals surface area contributed by atoms with E-state index in [1.165, 1.54) is 4.90 Å². The van der Waals surface area contributed by atoms with Gasteiger partial charge in [-0.05, 0) is 45.7 Å². The van der Waals surface area contributed by atoms with Crippen molar-refractivity contribution in [1.82, 2.24) is 15.5 Å². The molecular formula is C27H39N3O6S. The molecule has 0 aliphatic carbocycles. The van der Waals surface area contributed by atoms with Gasteiger partial charge >= 0.3 is 12.1 Å². The minimum atomic E-state index is -1.10. The number of carbonyl (C=O) groups excluding carboxylic acids is 4. The second-order valence-corrected chi connectivity index (χ2v) is 9.61. The van der Waals surface area contributed by atoms with Gasteiger partial charge in [0.1, 0.15) is 17.7 Å². The average Bonchev–Trinajstić information content (AvgIpc) is 2.83. The van der Waals surface area contributed by atoms with Crippen LogP contribution in [0.5, 0.6) is 0 Å². The first-order valence-electron chi connectivity index (χ1n) is 12.4. The Bertz CT molecular complexity index is 970. The molecule has 9 nitrogen and oxygen atoms in total. The molecule has 0 heterocycles. The number of ether oxygens (including phenoxy) is 2. The van der Waals surface area contributed by atoms with Crippen molar-refractivity contribution < 1.29 is 28.7 Å². The lowest BCUT2D eigenvalue weighted by Crippen LogP contribution is -2.54. The van der Waals surface area contributed by atoms with Crippen LogP contribution in [0.3, 0.4) is 0 Å². The first-order chi connectivity index (χ1) is 17.5. The molecule has 2 unspecified atom stereocenters. The van der Waals surface area contributed by atoms with Crippen LogP contribution in [-0.2, 0) is 23.9 Å². The van der Waals surface area contributed by atoms with Gasteiger partial charge in [0.25, 0.3) is 0 Å². The standard InChI is InChI=1S/C27H39N3O6S/c1-7-10-17-30(25(33)21(18-37)29-26(34)36-27(4,5)6)23(20-14-12-11-13-19(20)8-2)24(32)28-16-15-22(31)35-9-3/h2,11-14,21,23,37H,7,9-10,15-18H2,1,3-6H3,(H,28,32)(H,29,34). The van der Waals surface area contributed by atoms with Crippen LogP contribution in [0.2, 0.25) is 0 Å². The highest BCUT2D eigenvalue weighted by Gasteiger charge is 2.36. The fraction of sp³-hybridized carbons (Fsp3) is 0.556. The van der Waals surface area contributed by atoms with Crippen molar-refractivity contribution in [2.45, 2.75) is 71.6 Å². The van der Waals surface area contributed by atoms with Crippen LogP contribution < -0.4 is 10.6 Å². The zero-order valence-corrected chi connectivity index (χ0v) is 23.2. The molecule has 0 saturated carbocycles. The minimum absolute atomic E-state index is 0.0192. The summed E-state index contributed by atoms with van der Waals surface area (Å²) < 4.78 is 10.2. The molecule has 10 heteroatoms. The quantitative estimate of drug-likeness (QED) is 0.204. The number of esters is 1. The predicted molar refractivity (Wildman–Crippen MR) is 145 cm³/mol. The number of carbonyl (C=O) groups is 4. The smallest absolute Gasteiger partial charge is 0.408 e. The van der Waals surface area contributed by atoms with E-state index in [2.05, 4.69) is 29.2 Å². The number of hydrogen-bond donors (Lipinski definition) is 3. The highest BCUT2D eigenvalue weighted by molar-refractivity contribution is 7.80. The highest BCUT2D eigenvalue weighted by atomic mass is 32.1. The van der Waals surface area contributed by atoms with Crippen LogP contribution in [0.15, 0.2) is 24.3 Å². The number of benzene rings is 1. The summed E-state index contributed by atoms with van der Waals surface area (Å²) >= 11 is 4.27. The van der Waals surface area contributed by atoms with Gasteiger partial charge in [-0.15, -0.1) is 6.42 Å². The molecule has 0 aliphatic heterocycles. The van der Waals surface area contributed by atoms with Crippen LogP contribution in [0.25, 0.3) is 0 Å². The summed E-state index contributed by atoms with van der Waals surface area (Å²) in [5.74, 6) is 1.10. The Kier molecular flexibility index (Phi) is 13.6. The fourth-order valence-electron chi connectivity index (χ4n) is 3.47. The number of hydrogen-bond acceptors (Lipinski definition) is 7. The third-order valence-corrected chi connectivity index (χ3v) is 5.48. The molecule has 1 aromatic carbocycles. The van der Waals surface area contributed by atoms with Crippen LogP contribution in [0.4, 0.5) is 4.79 Å². The number of unbranched alkanes of at least 4 members (excludes halogenated alkanes) is 1. The van der Waals surface area contributed by atoms with Gasteiger partial charge in [0.15, 0.2) is 0 Å². The summed E-state index contributed by atoms with van der Waals surface area (Å²) in [6.07, 6.45) is 6.28. The van der Waals surface area contributed by atoms with Gasteiger partial charge in [-0.25, -0.2) is 4.79 Å². The van der Waals surface area contributed by atoms with E-state index in [1.807, 2.05) is 6.92 Å². The summed E-state index contributed by atoms with van der Waals surface area (Å²) in [4.78, 5) is 52.9. The van der Waals surface area contributed by atoms with E-state index < -0.39 is 41.6 Å². The summed E-state index contributed by atoms with van der Waals surface area (Å²) in [6, 6.07) is 4.69.